The van der Waals surface area contributed by atoms with Crippen LogP contribution >= 0.6 is 0 Å². The highest BCUT2D eigenvalue weighted by atomic mass is 19.4. The molecule has 12 heteroatoms. The first-order valence-electron chi connectivity index (χ1n) is 11.7. The molecule has 3 heterocycles. The van der Waals surface area contributed by atoms with Crippen molar-refractivity contribution in [2.75, 3.05) is 12.1 Å². The summed E-state index contributed by atoms with van der Waals surface area (Å²) in [6, 6.07) is 16.0. The maximum Gasteiger partial charge on any atom is 0.418 e. The highest BCUT2D eigenvalue weighted by Gasteiger charge is 2.33. The fourth-order valence-corrected chi connectivity index (χ4v) is 4.58. The summed E-state index contributed by atoms with van der Waals surface area (Å²) < 4.78 is 58.7. The van der Waals surface area contributed by atoms with Crippen molar-refractivity contribution in [1.82, 2.24) is 9.13 Å². The molecule has 0 unspecified atom stereocenters. The van der Waals surface area contributed by atoms with E-state index in [1.54, 1.807) is 42.5 Å². The molecule has 1 aliphatic rings. The van der Waals surface area contributed by atoms with E-state index in [2.05, 4.69) is 5.32 Å². The van der Waals surface area contributed by atoms with E-state index in [1.807, 2.05) is 0 Å². The average Bonchev–Trinajstić information content (AvgIpc) is 3.53. The number of furan rings is 1. The van der Waals surface area contributed by atoms with Crippen molar-refractivity contribution in [1.29, 1.82) is 0 Å². The number of nitrogens with one attached hydrogen (secondary N) is 1. The summed E-state index contributed by atoms with van der Waals surface area (Å²) in [5.41, 5.74) is -2.28. The van der Waals surface area contributed by atoms with E-state index < -0.39 is 41.1 Å². The maximum atomic E-state index is 13.7. The lowest BCUT2D eigenvalue weighted by atomic mass is 10.1. The zero-order chi connectivity index (χ0) is 27.3. The molecule has 1 aliphatic heterocycles. The first-order valence-corrected chi connectivity index (χ1v) is 11.7. The van der Waals surface area contributed by atoms with Gasteiger partial charge in [0.1, 0.15) is 17.6 Å². The van der Waals surface area contributed by atoms with Crippen molar-refractivity contribution in [3.63, 3.8) is 0 Å². The lowest BCUT2D eigenvalue weighted by Crippen LogP contribution is -2.41. The quantitative estimate of drug-likeness (QED) is 0.358. The van der Waals surface area contributed by atoms with Gasteiger partial charge in [-0.3, -0.25) is 18.7 Å². The second kappa shape index (κ2) is 9.08. The number of hydrogen-bond acceptors (Lipinski definition) is 6. The van der Waals surface area contributed by atoms with Crippen molar-refractivity contribution >= 4 is 33.7 Å². The van der Waals surface area contributed by atoms with Crippen LogP contribution in [0.25, 0.3) is 22.1 Å². The van der Waals surface area contributed by atoms with Crippen LogP contribution in [0, 0.1) is 0 Å². The van der Waals surface area contributed by atoms with Crippen molar-refractivity contribution in [2.24, 2.45) is 0 Å². The van der Waals surface area contributed by atoms with Crippen LogP contribution in [-0.4, -0.2) is 21.8 Å². The molecule has 2 aromatic heterocycles. The zero-order valence-electron chi connectivity index (χ0n) is 19.9. The topological polar surface area (TPSA) is 105 Å². The molecule has 0 atom stereocenters. The molecule has 198 valence electrons. The zero-order valence-corrected chi connectivity index (χ0v) is 19.9. The van der Waals surface area contributed by atoms with Gasteiger partial charge in [0.25, 0.3) is 5.56 Å². The molecule has 0 radical (unpaired) electrons. The number of carbonyl (C=O) groups is 1. The predicted octanol–water partition coefficient (Wildman–Crippen LogP) is 4.34. The Morgan fingerprint density at radius 3 is 2.49 bits per heavy atom. The number of halogens is 3. The number of amides is 1. The summed E-state index contributed by atoms with van der Waals surface area (Å²) in [4.78, 5) is 40.1. The Balaban J connectivity index is 1.45. The minimum absolute atomic E-state index is 0.0447. The minimum Gasteiger partial charge on any atom is -0.454 e. The van der Waals surface area contributed by atoms with E-state index >= 15 is 0 Å². The molecular weight excluding hydrogens is 519 g/mol. The van der Waals surface area contributed by atoms with Gasteiger partial charge in [-0.25, -0.2) is 4.79 Å². The van der Waals surface area contributed by atoms with Gasteiger partial charge in [0.15, 0.2) is 11.5 Å². The summed E-state index contributed by atoms with van der Waals surface area (Å²) in [7, 11) is 0. The highest BCUT2D eigenvalue weighted by molar-refractivity contribution is 6.03. The Morgan fingerprint density at radius 2 is 1.67 bits per heavy atom. The van der Waals surface area contributed by atoms with Crippen LogP contribution in [0.5, 0.6) is 11.5 Å². The summed E-state index contributed by atoms with van der Waals surface area (Å²) in [6.45, 7) is -0.810. The molecule has 0 saturated carbocycles. The number of rotatable bonds is 5. The molecule has 0 spiro atoms. The van der Waals surface area contributed by atoms with Crippen LogP contribution in [0.3, 0.4) is 0 Å². The molecule has 5 aromatic rings. The van der Waals surface area contributed by atoms with Gasteiger partial charge >= 0.3 is 11.9 Å². The number of anilines is 1. The smallest absolute Gasteiger partial charge is 0.418 e. The predicted molar refractivity (Wildman–Crippen MR) is 134 cm³/mol. The number of alkyl halides is 3. The van der Waals surface area contributed by atoms with E-state index in [1.165, 1.54) is 12.1 Å². The number of carbonyl (C=O) groups excluding carboxylic acids is 1. The van der Waals surface area contributed by atoms with Crippen LogP contribution in [0.15, 0.2) is 80.7 Å². The van der Waals surface area contributed by atoms with E-state index in [4.69, 9.17) is 13.9 Å². The summed E-state index contributed by atoms with van der Waals surface area (Å²) in [5, 5.41) is 2.65. The first kappa shape index (κ1) is 24.3. The van der Waals surface area contributed by atoms with Crippen LogP contribution in [0.2, 0.25) is 0 Å². The van der Waals surface area contributed by atoms with Crippen LogP contribution in [0.4, 0.5) is 18.9 Å². The molecule has 0 saturated heterocycles. The van der Waals surface area contributed by atoms with Gasteiger partial charge in [0, 0.05) is 5.39 Å². The standard InChI is InChI=1S/C27H18F3N3O6/c28-27(29,30)17-6-2-3-7-18(17)31-22(34)13-32-23-16-5-1-4-8-19(16)39-24(23)25(35)33(26(32)36)12-15-9-10-20-21(11-15)38-14-37-20/h1-11H,12-14H2,(H,31,34). The number of hydrogen-bond donors (Lipinski definition) is 1. The Morgan fingerprint density at radius 1 is 0.923 bits per heavy atom. The third-order valence-corrected chi connectivity index (χ3v) is 6.33. The second-order valence-corrected chi connectivity index (χ2v) is 8.82. The number of para-hydroxylation sites is 2. The normalized spacial score (nSPS) is 12.8. The average molecular weight is 537 g/mol. The van der Waals surface area contributed by atoms with Gasteiger partial charge in [0.05, 0.1) is 17.8 Å². The second-order valence-electron chi connectivity index (χ2n) is 8.82. The highest BCUT2D eigenvalue weighted by Crippen LogP contribution is 2.35. The van der Waals surface area contributed by atoms with Crippen LogP contribution in [0.1, 0.15) is 11.1 Å². The van der Waals surface area contributed by atoms with Gasteiger partial charge in [-0.05, 0) is 42.0 Å². The van der Waals surface area contributed by atoms with Crippen molar-refractivity contribution in [3.8, 4) is 11.5 Å². The molecule has 9 nitrogen and oxygen atoms in total. The van der Waals surface area contributed by atoms with Gasteiger partial charge in [-0.2, -0.15) is 13.2 Å². The van der Waals surface area contributed by atoms with Crippen molar-refractivity contribution in [3.05, 3.63) is 98.7 Å². The molecule has 39 heavy (non-hydrogen) atoms. The fourth-order valence-electron chi connectivity index (χ4n) is 4.58. The summed E-state index contributed by atoms with van der Waals surface area (Å²) in [6.07, 6.45) is -4.70. The summed E-state index contributed by atoms with van der Waals surface area (Å²) >= 11 is 0. The Kier molecular flexibility index (Phi) is 5.67. The number of nitrogens with zero attached hydrogens (tertiary/aromatic N) is 2. The van der Waals surface area contributed by atoms with E-state index in [0.717, 1.165) is 21.3 Å². The van der Waals surface area contributed by atoms with Crippen LogP contribution < -0.4 is 26.0 Å². The minimum atomic E-state index is -4.70. The third kappa shape index (κ3) is 4.29. The Hall–Kier alpha value is -5.00. The molecule has 1 N–H and O–H groups in total. The van der Waals surface area contributed by atoms with E-state index in [9.17, 15) is 27.6 Å². The van der Waals surface area contributed by atoms with Gasteiger partial charge in [0.2, 0.25) is 18.3 Å². The molecule has 1 amide bonds. The third-order valence-electron chi connectivity index (χ3n) is 6.33. The van der Waals surface area contributed by atoms with Gasteiger partial charge < -0.3 is 19.2 Å². The largest absolute Gasteiger partial charge is 0.454 e. The van der Waals surface area contributed by atoms with Gasteiger partial charge in [-0.15, -0.1) is 0 Å². The van der Waals surface area contributed by atoms with Crippen molar-refractivity contribution < 1.29 is 31.9 Å². The fraction of sp³-hybridized carbons (Fsp3) is 0.148. The van der Waals surface area contributed by atoms with E-state index in [-0.39, 0.29) is 24.4 Å². The lowest BCUT2D eigenvalue weighted by Gasteiger charge is -2.15. The number of ether oxygens (including phenoxy) is 2. The van der Waals surface area contributed by atoms with E-state index in [0.29, 0.717) is 28.0 Å². The van der Waals surface area contributed by atoms with Crippen molar-refractivity contribution in [2.45, 2.75) is 19.3 Å². The number of aromatic nitrogens is 2. The SMILES string of the molecule is O=C(Cn1c(=O)n(Cc2ccc3c(c2)OCO3)c(=O)c2oc3ccccc3c21)Nc1ccccc1C(F)(F)F. The Bertz CT molecular complexity index is 1890. The number of fused-ring (bicyclic) bond motifs is 4. The van der Waals surface area contributed by atoms with Gasteiger partial charge in [-0.1, -0.05) is 30.3 Å². The molecule has 6 rings (SSSR count). The number of benzene rings is 3. The molecule has 0 aliphatic carbocycles. The molecule has 0 bridgehead atoms. The monoisotopic (exact) mass is 537 g/mol. The first-order chi connectivity index (χ1) is 18.7. The maximum absolute atomic E-state index is 13.7. The molecular formula is C27H18F3N3O6. The lowest BCUT2D eigenvalue weighted by molar-refractivity contribution is -0.137. The Labute approximate surface area is 216 Å². The molecule has 0 fully saturated rings. The summed E-state index contributed by atoms with van der Waals surface area (Å²) in [5.74, 6) is 0.0779. The van der Waals surface area contributed by atoms with Crippen LogP contribution in [-0.2, 0) is 24.1 Å². The molecule has 3 aromatic carbocycles.